The van der Waals surface area contributed by atoms with E-state index in [1.807, 2.05) is 0 Å². The van der Waals surface area contributed by atoms with Crippen molar-refractivity contribution in [3.63, 3.8) is 0 Å². The molecule has 0 amide bonds. The quantitative estimate of drug-likeness (QED) is 0.686. The van der Waals surface area contributed by atoms with Crippen molar-refractivity contribution in [1.29, 1.82) is 0 Å². The highest BCUT2D eigenvalue weighted by Crippen LogP contribution is 2.03. The lowest BCUT2D eigenvalue weighted by Crippen LogP contribution is -2.30. The van der Waals surface area contributed by atoms with Crippen LogP contribution in [0.3, 0.4) is 0 Å². The van der Waals surface area contributed by atoms with Crippen LogP contribution >= 0.6 is 0 Å². The van der Waals surface area contributed by atoms with Gasteiger partial charge in [-0.15, -0.1) is 0 Å². The van der Waals surface area contributed by atoms with E-state index in [4.69, 9.17) is 4.74 Å². The lowest BCUT2D eigenvalue weighted by atomic mass is 10.2. The Kier molecular flexibility index (Phi) is 5.80. The van der Waals surface area contributed by atoms with Gasteiger partial charge in [0, 0.05) is 32.7 Å². The molecule has 3 heteroatoms. The minimum Gasteiger partial charge on any atom is -0.381 e. The lowest BCUT2D eigenvalue weighted by Gasteiger charge is -2.24. The highest BCUT2D eigenvalue weighted by molar-refractivity contribution is 5.75. The van der Waals surface area contributed by atoms with Gasteiger partial charge in [0.2, 0.25) is 0 Å². The maximum absolute atomic E-state index is 10.8. The van der Waals surface area contributed by atoms with E-state index in [-0.39, 0.29) is 0 Å². The molecule has 1 rings (SSSR count). The minimum absolute atomic E-state index is 0.306. The highest BCUT2D eigenvalue weighted by Gasteiger charge is 2.07. The van der Waals surface area contributed by atoms with Crippen LogP contribution in [0.25, 0.3) is 0 Å². The van der Waals surface area contributed by atoms with Gasteiger partial charge in [-0.25, -0.2) is 0 Å². The number of ketones is 1. The number of Topliss-reactive ketones (excluding diaryl/α,β-unsaturated/α-hetero) is 1. The van der Waals surface area contributed by atoms with E-state index in [9.17, 15) is 4.79 Å². The number of nitrogens with zero attached hydrogens (tertiary/aromatic N) is 1. The Morgan fingerprint density at radius 3 is 2.50 bits per heavy atom. The molecule has 0 atom stereocenters. The third-order valence-electron chi connectivity index (χ3n) is 2.53. The van der Waals surface area contributed by atoms with Gasteiger partial charge < -0.3 is 14.4 Å². The molecule has 0 radical (unpaired) electrons. The molecular formula is C11H21NO2. The Hall–Kier alpha value is -0.410. The molecule has 1 aliphatic heterocycles. The van der Waals surface area contributed by atoms with Crippen LogP contribution in [-0.2, 0) is 9.53 Å². The molecule has 0 aromatic carbocycles. The molecule has 82 valence electrons. The molecular weight excluding hydrogens is 178 g/mol. The zero-order valence-electron chi connectivity index (χ0n) is 9.13. The standard InChI is InChI=1S/C11H21NO2/c1-11(13)5-2-6-12-7-3-9-14-10-4-8-12/h2-10H2,1H3. The third-order valence-corrected chi connectivity index (χ3v) is 2.53. The molecule has 0 N–H and O–H groups in total. The van der Waals surface area contributed by atoms with Gasteiger partial charge in [0.15, 0.2) is 0 Å². The average molecular weight is 199 g/mol. The Bertz CT molecular complexity index is 163. The molecule has 0 aliphatic carbocycles. The van der Waals surface area contributed by atoms with Gasteiger partial charge in [0.1, 0.15) is 5.78 Å². The van der Waals surface area contributed by atoms with Crippen LogP contribution in [0.5, 0.6) is 0 Å². The summed E-state index contributed by atoms with van der Waals surface area (Å²) >= 11 is 0. The first-order chi connectivity index (χ1) is 6.79. The second kappa shape index (κ2) is 6.96. The van der Waals surface area contributed by atoms with Gasteiger partial charge in [0.25, 0.3) is 0 Å². The molecule has 3 nitrogen and oxygen atoms in total. The molecule has 0 bridgehead atoms. The van der Waals surface area contributed by atoms with Crippen LogP contribution in [0.1, 0.15) is 32.6 Å². The summed E-state index contributed by atoms with van der Waals surface area (Å²) in [6, 6.07) is 0. The molecule has 14 heavy (non-hydrogen) atoms. The highest BCUT2D eigenvalue weighted by atomic mass is 16.5. The van der Waals surface area contributed by atoms with Gasteiger partial charge in [-0.3, -0.25) is 0 Å². The SMILES string of the molecule is CC(=O)CCCN1CCCOCCC1. The Morgan fingerprint density at radius 2 is 1.93 bits per heavy atom. The van der Waals surface area contributed by atoms with Crippen LogP contribution in [0.2, 0.25) is 0 Å². The molecule has 1 saturated heterocycles. The summed E-state index contributed by atoms with van der Waals surface area (Å²) in [5.74, 6) is 0.306. The summed E-state index contributed by atoms with van der Waals surface area (Å²) in [5.41, 5.74) is 0. The van der Waals surface area contributed by atoms with Crippen molar-refractivity contribution in [2.45, 2.75) is 32.6 Å². The van der Waals surface area contributed by atoms with Crippen molar-refractivity contribution in [2.24, 2.45) is 0 Å². The van der Waals surface area contributed by atoms with Crippen molar-refractivity contribution >= 4 is 5.78 Å². The zero-order valence-corrected chi connectivity index (χ0v) is 9.13. The summed E-state index contributed by atoms with van der Waals surface area (Å²) in [7, 11) is 0. The molecule has 0 aromatic heterocycles. The summed E-state index contributed by atoms with van der Waals surface area (Å²) < 4.78 is 5.38. The minimum atomic E-state index is 0.306. The van der Waals surface area contributed by atoms with E-state index < -0.39 is 0 Å². The normalized spacial score (nSPS) is 20.1. The second-order valence-corrected chi connectivity index (χ2v) is 3.97. The first-order valence-electron chi connectivity index (χ1n) is 5.58. The maximum Gasteiger partial charge on any atom is 0.129 e. The summed E-state index contributed by atoms with van der Waals surface area (Å²) in [6.45, 7) is 6.77. The zero-order chi connectivity index (χ0) is 10.2. The van der Waals surface area contributed by atoms with Crippen LogP contribution in [-0.4, -0.2) is 43.5 Å². The summed E-state index contributed by atoms with van der Waals surface area (Å²) in [6.07, 6.45) is 3.99. The average Bonchev–Trinajstić information content (AvgIpc) is 2.07. The summed E-state index contributed by atoms with van der Waals surface area (Å²) in [5, 5.41) is 0. The first kappa shape index (κ1) is 11.7. The Morgan fingerprint density at radius 1 is 1.29 bits per heavy atom. The number of carbonyl (C=O) groups excluding carboxylic acids is 1. The van der Waals surface area contributed by atoms with Crippen molar-refractivity contribution in [3.8, 4) is 0 Å². The van der Waals surface area contributed by atoms with E-state index in [0.29, 0.717) is 5.78 Å². The first-order valence-corrected chi connectivity index (χ1v) is 5.58. The number of hydrogen-bond acceptors (Lipinski definition) is 3. The molecule has 1 heterocycles. The number of rotatable bonds is 4. The van der Waals surface area contributed by atoms with Crippen LogP contribution < -0.4 is 0 Å². The third kappa shape index (κ3) is 5.35. The van der Waals surface area contributed by atoms with Crippen LogP contribution in [0, 0.1) is 0 Å². The number of ether oxygens (including phenoxy) is 1. The van der Waals surface area contributed by atoms with Crippen LogP contribution in [0.15, 0.2) is 0 Å². The van der Waals surface area contributed by atoms with Crippen molar-refractivity contribution < 1.29 is 9.53 Å². The molecule has 0 unspecified atom stereocenters. The summed E-state index contributed by atoms with van der Waals surface area (Å²) in [4.78, 5) is 13.2. The molecule has 0 spiro atoms. The van der Waals surface area contributed by atoms with Gasteiger partial charge in [-0.1, -0.05) is 0 Å². The number of carbonyl (C=O) groups is 1. The smallest absolute Gasteiger partial charge is 0.129 e. The lowest BCUT2D eigenvalue weighted by molar-refractivity contribution is -0.117. The predicted molar refractivity (Wildman–Crippen MR) is 56.4 cm³/mol. The number of hydrogen-bond donors (Lipinski definition) is 0. The van der Waals surface area contributed by atoms with Crippen LogP contribution in [0.4, 0.5) is 0 Å². The van der Waals surface area contributed by atoms with E-state index in [0.717, 1.165) is 58.5 Å². The fourth-order valence-corrected chi connectivity index (χ4v) is 1.77. The Balaban J connectivity index is 2.10. The van der Waals surface area contributed by atoms with Gasteiger partial charge >= 0.3 is 0 Å². The molecule has 1 aliphatic rings. The van der Waals surface area contributed by atoms with Gasteiger partial charge in [-0.2, -0.15) is 0 Å². The molecule has 0 saturated carbocycles. The molecule has 1 fully saturated rings. The van der Waals surface area contributed by atoms with E-state index in [1.54, 1.807) is 6.92 Å². The van der Waals surface area contributed by atoms with Gasteiger partial charge in [0.05, 0.1) is 0 Å². The second-order valence-electron chi connectivity index (χ2n) is 3.97. The fourth-order valence-electron chi connectivity index (χ4n) is 1.77. The van der Waals surface area contributed by atoms with E-state index in [1.165, 1.54) is 0 Å². The van der Waals surface area contributed by atoms with Crippen molar-refractivity contribution in [2.75, 3.05) is 32.8 Å². The topological polar surface area (TPSA) is 29.5 Å². The van der Waals surface area contributed by atoms with E-state index >= 15 is 0 Å². The predicted octanol–water partition coefficient (Wildman–Crippen LogP) is 1.47. The molecule has 0 aromatic rings. The maximum atomic E-state index is 10.8. The largest absolute Gasteiger partial charge is 0.381 e. The van der Waals surface area contributed by atoms with Crippen molar-refractivity contribution in [3.05, 3.63) is 0 Å². The monoisotopic (exact) mass is 199 g/mol. The van der Waals surface area contributed by atoms with Crippen molar-refractivity contribution in [1.82, 2.24) is 4.90 Å². The fraction of sp³-hybridized carbons (Fsp3) is 0.909. The Labute approximate surface area is 86.4 Å². The van der Waals surface area contributed by atoms with E-state index in [2.05, 4.69) is 4.90 Å². The van der Waals surface area contributed by atoms with Gasteiger partial charge in [-0.05, 0) is 32.7 Å².